The number of aliphatic hydroxyl groups excluding tert-OH is 1. The Hall–Kier alpha value is -0.570. The van der Waals surface area contributed by atoms with Crippen molar-refractivity contribution in [1.29, 1.82) is 0 Å². The Balaban J connectivity index is 2.00. The Kier molecular flexibility index (Phi) is 4.94. The molecule has 0 radical (unpaired) electrons. The lowest BCUT2D eigenvalue weighted by molar-refractivity contribution is -0.189. The summed E-state index contributed by atoms with van der Waals surface area (Å²) in [5.74, 6) is -0.466. The molecule has 2 atom stereocenters. The maximum absolute atomic E-state index is 10.8. The molecule has 2 unspecified atom stereocenters. The third-order valence-corrected chi connectivity index (χ3v) is 2.81. The molecule has 0 aliphatic carbocycles. The fourth-order valence-electron chi connectivity index (χ4n) is 1.80. The van der Waals surface area contributed by atoms with Gasteiger partial charge in [-0.05, 0) is 12.8 Å². The van der Waals surface area contributed by atoms with E-state index in [0.29, 0.717) is 0 Å². The standard InChI is InChI=1S/C11H20O3/c1-2-3-4-5-6-7-10-9(8-12)11(13)14-10/h9-10,12H,2-8H2,1H3. The van der Waals surface area contributed by atoms with E-state index in [1.807, 2.05) is 0 Å². The molecule has 0 aromatic carbocycles. The molecule has 1 N–H and O–H groups in total. The zero-order valence-corrected chi connectivity index (χ0v) is 8.87. The van der Waals surface area contributed by atoms with Crippen LogP contribution in [0.4, 0.5) is 0 Å². The van der Waals surface area contributed by atoms with Gasteiger partial charge in [0.15, 0.2) is 0 Å². The van der Waals surface area contributed by atoms with Crippen molar-refractivity contribution in [2.75, 3.05) is 6.61 Å². The molecule has 0 spiro atoms. The molecule has 1 fully saturated rings. The molecule has 0 aromatic rings. The van der Waals surface area contributed by atoms with Gasteiger partial charge in [0.25, 0.3) is 0 Å². The topological polar surface area (TPSA) is 46.5 Å². The molecule has 0 aromatic heterocycles. The Morgan fingerprint density at radius 2 is 2.00 bits per heavy atom. The van der Waals surface area contributed by atoms with Crippen molar-refractivity contribution in [2.45, 2.75) is 51.6 Å². The lowest BCUT2D eigenvalue weighted by Crippen LogP contribution is -2.47. The van der Waals surface area contributed by atoms with E-state index in [1.54, 1.807) is 0 Å². The number of unbranched alkanes of at least 4 members (excludes halogenated alkanes) is 4. The number of esters is 1. The third-order valence-electron chi connectivity index (χ3n) is 2.81. The number of carbonyl (C=O) groups excluding carboxylic acids is 1. The second kappa shape index (κ2) is 6.02. The molecule has 14 heavy (non-hydrogen) atoms. The van der Waals surface area contributed by atoms with Gasteiger partial charge >= 0.3 is 5.97 Å². The largest absolute Gasteiger partial charge is 0.461 e. The second-order valence-electron chi connectivity index (χ2n) is 3.97. The summed E-state index contributed by atoms with van der Waals surface area (Å²) in [7, 11) is 0. The summed E-state index contributed by atoms with van der Waals surface area (Å²) in [5.41, 5.74) is 0. The van der Waals surface area contributed by atoms with Crippen LogP contribution in [0.5, 0.6) is 0 Å². The molecule has 1 aliphatic heterocycles. The maximum Gasteiger partial charge on any atom is 0.315 e. The van der Waals surface area contributed by atoms with Crippen LogP contribution in [0.25, 0.3) is 0 Å². The zero-order valence-electron chi connectivity index (χ0n) is 8.87. The Morgan fingerprint density at radius 3 is 2.57 bits per heavy atom. The average molecular weight is 200 g/mol. The van der Waals surface area contributed by atoms with Crippen LogP contribution in [0, 0.1) is 5.92 Å². The van der Waals surface area contributed by atoms with E-state index in [4.69, 9.17) is 9.84 Å². The van der Waals surface area contributed by atoms with Gasteiger partial charge in [-0.2, -0.15) is 0 Å². The van der Waals surface area contributed by atoms with Gasteiger partial charge in [-0.15, -0.1) is 0 Å². The van der Waals surface area contributed by atoms with Gasteiger partial charge in [0.2, 0.25) is 0 Å². The molecular formula is C11H20O3. The molecule has 0 saturated carbocycles. The van der Waals surface area contributed by atoms with Gasteiger partial charge in [-0.3, -0.25) is 4.79 Å². The van der Waals surface area contributed by atoms with E-state index in [1.165, 1.54) is 25.7 Å². The molecule has 3 heteroatoms. The summed E-state index contributed by atoms with van der Waals surface area (Å²) in [6.07, 6.45) is 7.02. The van der Waals surface area contributed by atoms with Crippen LogP contribution < -0.4 is 0 Å². The van der Waals surface area contributed by atoms with Crippen molar-refractivity contribution >= 4 is 5.97 Å². The second-order valence-corrected chi connectivity index (χ2v) is 3.97. The van der Waals surface area contributed by atoms with Crippen LogP contribution in [0.15, 0.2) is 0 Å². The Labute approximate surface area is 85.5 Å². The fourth-order valence-corrected chi connectivity index (χ4v) is 1.80. The number of rotatable bonds is 7. The number of ether oxygens (including phenoxy) is 1. The van der Waals surface area contributed by atoms with Crippen LogP contribution in [-0.2, 0) is 9.53 Å². The number of cyclic esters (lactones) is 1. The summed E-state index contributed by atoms with van der Waals surface area (Å²) in [4.78, 5) is 10.8. The SMILES string of the molecule is CCCCCCCC1OC(=O)C1CO. The highest BCUT2D eigenvalue weighted by Crippen LogP contribution is 2.26. The van der Waals surface area contributed by atoms with E-state index in [-0.39, 0.29) is 24.6 Å². The summed E-state index contributed by atoms with van der Waals surface area (Å²) >= 11 is 0. The van der Waals surface area contributed by atoms with Crippen LogP contribution in [0.1, 0.15) is 45.4 Å². The molecule has 1 heterocycles. The van der Waals surface area contributed by atoms with Gasteiger partial charge in [-0.1, -0.05) is 32.6 Å². The molecule has 0 amide bonds. The van der Waals surface area contributed by atoms with E-state index in [9.17, 15) is 4.79 Å². The van der Waals surface area contributed by atoms with E-state index in [0.717, 1.165) is 12.8 Å². The molecule has 0 bridgehead atoms. The zero-order chi connectivity index (χ0) is 10.4. The molecular weight excluding hydrogens is 180 g/mol. The Morgan fingerprint density at radius 1 is 1.29 bits per heavy atom. The van der Waals surface area contributed by atoms with Crippen LogP contribution >= 0.6 is 0 Å². The Bertz CT molecular complexity index is 179. The van der Waals surface area contributed by atoms with E-state index >= 15 is 0 Å². The average Bonchev–Trinajstić information content (AvgIpc) is 2.16. The van der Waals surface area contributed by atoms with Crippen molar-refractivity contribution in [2.24, 2.45) is 5.92 Å². The smallest absolute Gasteiger partial charge is 0.315 e. The first-order valence-electron chi connectivity index (χ1n) is 5.61. The normalized spacial score (nSPS) is 25.7. The monoisotopic (exact) mass is 200 g/mol. The van der Waals surface area contributed by atoms with E-state index in [2.05, 4.69) is 6.92 Å². The fraction of sp³-hybridized carbons (Fsp3) is 0.909. The highest BCUT2D eigenvalue weighted by atomic mass is 16.6. The van der Waals surface area contributed by atoms with Crippen molar-refractivity contribution in [3.8, 4) is 0 Å². The molecule has 3 nitrogen and oxygen atoms in total. The number of hydrogen-bond donors (Lipinski definition) is 1. The minimum atomic E-state index is -0.235. The highest BCUT2D eigenvalue weighted by molar-refractivity contribution is 5.78. The lowest BCUT2D eigenvalue weighted by Gasteiger charge is -2.33. The van der Waals surface area contributed by atoms with Crippen LogP contribution in [0.3, 0.4) is 0 Å². The molecule has 82 valence electrons. The van der Waals surface area contributed by atoms with Crippen molar-refractivity contribution in [3.63, 3.8) is 0 Å². The summed E-state index contributed by atoms with van der Waals surface area (Å²) < 4.78 is 4.95. The predicted molar refractivity (Wildman–Crippen MR) is 53.8 cm³/mol. The van der Waals surface area contributed by atoms with Crippen LogP contribution in [-0.4, -0.2) is 23.8 Å². The third kappa shape index (κ3) is 2.98. The first kappa shape index (κ1) is 11.5. The van der Waals surface area contributed by atoms with E-state index < -0.39 is 0 Å². The van der Waals surface area contributed by atoms with Crippen LogP contribution in [0.2, 0.25) is 0 Å². The minimum Gasteiger partial charge on any atom is -0.461 e. The van der Waals surface area contributed by atoms with Gasteiger partial charge in [-0.25, -0.2) is 0 Å². The lowest BCUT2D eigenvalue weighted by atomic mass is 9.93. The predicted octanol–water partition coefficient (Wildman–Crippen LogP) is 1.88. The molecule has 1 rings (SSSR count). The minimum absolute atomic E-state index is 0.00544. The quantitative estimate of drug-likeness (QED) is 0.504. The highest BCUT2D eigenvalue weighted by Gasteiger charge is 2.40. The van der Waals surface area contributed by atoms with Gasteiger partial charge < -0.3 is 9.84 Å². The van der Waals surface area contributed by atoms with Gasteiger partial charge in [0, 0.05) is 0 Å². The molecule has 1 saturated heterocycles. The summed E-state index contributed by atoms with van der Waals surface area (Å²) in [6.45, 7) is 2.13. The van der Waals surface area contributed by atoms with Crippen molar-refractivity contribution in [3.05, 3.63) is 0 Å². The van der Waals surface area contributed by atoms with Gasteiger partial charge in [0.1, 0.15) is 12.0 Å². The number of aliphatic hydroxyl groups is 1. The first-order chi connectivity index (χ1) is 6.79. The van der Waals surface area contributed by atoms with Crippen molar-refractivity contribution in [1.82, 2.24) is 0 Å². The maximum atomic E-state index is 10.8. The van der Waals surface area contributed by atoms with Crippen molar-refractivity contribution < 1.29 is 14.6 Å². The summed E-state index contributed by atoms with van der Waals surface area (Å²) in [5, 5.41) is 8.87. The summed E-state index contributed by atoms with van der Waals surface area (Å²) in [6, 6.07) is 0. The molecule has 1 aliphatic rings. The number of hydrogen-bond acceptors (Lipinski definition) is 3. The first-order valence-corrected chi connectivity index (χ1v) is 5.61. The van der Waals surface area contributed by atoms with Gasteiger partial charge in [0.05, 0.1) is 6.61 Å². The number of carbonyl (C=O) groups is 1.